The monoisotopic (exact) mass is 221 g/mol. The average molecular weight is 221 g/mol. The summed E-state index contributed by atoms with van der Waals surface area (Å²) in [6.07, 6.45) is 6.67. The normalized spacial score (nSPS) is 9.56. The first-order valence-electron chi connectivity index (χ1n) is 5.36. The molecule has 0 bridgehead atoms. The van der Waals surface area contributed by atoms with Gasteiger partial charge in [-0.1, -0.05) is 19.9 Å². The molecule has 0 fully saturated rings. The van der Waals surface area contributed by atoms with Crippen LogP contribution in [0.3, 0.4) is 0 Å². The Morgan fingerprint density at radius 3 is 2.44 bits per heavy atom. The molecule has 0 spiro atoms. The summed E-state index contributed by atoms with van der Waals surface area (Å²) in [7, 11) is 0. The smallest absolute Gasteiger partial charge is 0.229 e. The van der Waals surface area contributed by atoms with Crippen LogP contribution < -0.4 is 4.90 Å². The van der Waals surface area contributed by atoms with Gasteiger partial charge in [0.05, 0.1) is 11.9 Å². The molecule has 1 rings (SSSR count). The summed E-state index contributed by atoms with van der Waals surface area (Å²) in [5.41, 5.74) is 0.790. The van der Waals surface area contributed by atoms with Crippen molar-refractivity contribution in [2.75, 3.05) is 4.90 Å². The fraction of sp³-hybridized carbons (Fsp3) is 0.417. The van der Waals surface area contributed by atoms with Crippen molar-refractivity contribution in [2.45, 2.75) is 34.6 Å². The van der Waals surface area contributed by atoms with Gasteiger partial charge in [-0.2, -0.15) is 0 Å². The maximum absolute atomic E-state index is 11.3. The van der Waals surface area contributed by atoms with Crippen LogP contribution in [0.1, 0.15) is 33.4 Å². The minimum absolute atomic E-state index is 0.0806. The predicted octanol–water partition coefficient (Wildman–Crippen LogP) is 2.70. The number of amides is 1. The number of carbonyl (C=O) groups excluding carboxylic acids is 1. The maximum Gasteiger partial charge on any atom is 0.229 e. The molecular formula is C12H19N3O. The van der Waals surface area contributed by atoms with Crippen molar-refractivity contribution in [2.24, 2.45) is 0 Å². The van der Waals surface area contributed by atoms with Crippen molar-refractivity contribution in [3.8, 4) is 0 Å². The van der Waals surface area contributed by atoms with Gasteiger partial charge >= 0.3 is 0 Å². The molecule has 0 radical (unpaired) electrons. The second kappa shape index (κ2) is 7.56. The van der Waals surface area contributed by atoms with E-state index in [1.807, 2.05) is 27.7 Å². The van der Waals surface area contributed by atoms with Crippen LogP contribution in [0.5, 0.6) is 0 Å². The van der Waals surface area contributed by atoms with Gasteiger partial charge in [0.2, 0.25) is 5.91 Å². The van der Waals surface area contributed by atoms with Crippen LogP contribution in [0.15, 0.2) is 24.7 Å². The van der Waals surface area contributed by atoms with E-state index in [2.05, 4.69) is 9.97 Å². The minimum atomic E-state index is -0.0806. The highest BCUT2D eigenvalue weighted by Gasteiger charge is 2.09. The van der Waals surface area contributed by atoms with Crippen molar-refractivity contribution >= 4 is 11.7 Å². The van der Waals surface area contributed by atoms with E-state index in [4.69, 9.17) is 0 Å². The molecule has 88 valence electrons. The summed E-state index contributed by atoms with van der Waals surface area (Å²) in [6.45, 7) is 9.17. The van der Waals surface area contributed by atoms with E-state index in [1.54, 1.807) is 24.7 Å². The lowest BCUT2D eigenvalue weighted by Gasteiger charge is -2.14. The highest BCUT2D eigenvalue weighted by Crippen LogP contribution is 2.10. The standard InChI is InChI=1S/C10H13N3O.C2H6/c1-4-5-13(9(3)14)10-7-11-6-8(2)12-10;1-2/h4-7H,1-3H3;1-2H3/b5-4-;. The summed E-state index contributed by atoms with van der Waals surface area (Å²) < 4.78 is 0. The van der Waals surface area contributed by atoms with Crippen LogP contribution in [0.2, 0.25) is 0 Å². The van der Waals surface area contributed by atoms with E-state index < -0.39 is 0 Å². The Bertz CT molecular complexity index is 361. The Balaban J connectivity index is 0.00000106. The van der Waals surface area contributed by atoms with Gasteiger partial charge in [-0.25, -0.2) is 4.98 Å². The molecule has 0 N–H and O–H groups in total. The molecule has 16 heavy (non-hydrogen) atoms. The Kier molecular flexibility index (Phi) is 6.76. The van der Waals surface area contributed by atoms with Crippen molar-refractivity contribution in [3.63, 3.8) is 0 Å². The van der Waals surface area contributed by atoms with E-state index in [0.29, 0.717) is 5.82 Å². The van der Waals surface area contributed by atoms with Gasteiger partial charge in [-0.15, -0.1) is 0 Å². The lowest BCUT2D eigenvalue weighted by atomic mass is 10.4. The SMILES string of the molecule is C/C=C\N(C(C)=O)c1cncc(C)n1.CC. The molecule has 1 aromatic heterocycles. The summed E-state index contributed by atoms with van der Waals surface area (Å²) in [5.74, 6) is 0.471. The van der Waals surface area contributed by atoms with Crippen molar-refractivity contribution < 1.29 is 4.79 Å². The minimum Gasteiger partial charge on any atom is -0.274 e. The van der Waals surface area contributed by atoms with Crippen molar-refractivity contribution in [1.29, 1.82) is 0 Å². The summed E-state index contributed by atoms with van der Waals surface area (Å²) in [5, 5.41) is 0. The summed E-state index contributed by atoms with van der Waals surface area (Å²) in [6, 6.07) is 0. The molecule has 0 aromatic carbocycles. The van der Waals surface area contributed by atoms with Crippen molar-refractivity contribution in [1.82, 2.24) is 9.97 Å². The van der Waals surface area contributed by atoms with Crippen LogP contribution in [-0.4, -0.2) is 15.9 Å². The first-order chi connectivity index (χ1) is 7.65. The fourth-order valence-electron chi connectivity index (χ4n) is 1.06. The van der Waals surface area contributed by atoms with Crippen LogP contribution in [0.25, 0.3) is 0 Å². The van der Waals surface area contributed by atoms with E-state index in [9.17, 15) is 4.79 Å². The predicted molar refractivity (Wildman–Crippen MR) is 66.1 cm³/mol. The molecule has 1 heterocycles. The lowest BCUT2D eigenvalue weighted by molar-refractivity contribution is -0.116. The van der Waals surface area contributed by atoms with E-state index >= 15 is 0 Å². The topological polar surface area (TPSA) is 46.1 Å². The summed E-state index contributed by atoms with van der Waals surface area (Å²) >= 11 is 0. The van der Waals surface area contributed by atoms with E-state index in [-0.39, 0.29) is 5.91 Å². The highest BCUT2D eigenvalue weighted by atomic mass is 16.2. The molecule has 0 aliphatic carbocycles. The third kappa shape index (κ3) is 4.21. The fourth-order valence-corrected chi connectivity index (χ4v) is 1.06. The molecular weight excluding hydrogens is 202 g/mol. The van der Waals surface area contributed by atoms with Crippen molar-refractivity contribution in [3.05, 3.63) is 30.4 Å². The third-order valence-corrected chi connectivity index (χ3v) is 1.63. The Morgan fingerprint density at radius 1 is 1.38 bits per heavy atom. The second-order valence-electron chi connectivity index (χ2n) is 2.89. The number of aryl methyl sites for hydroxylation is 1. The van der Waals surface area contributed by atoms with Gasteiger partial charge in [0.25, 0.3) is 0 Å². The Labute approximate surface area is 97.0 Å². The molecule has 0 saturated carbocycles. The molecule has 4 nitrogen and oxygen atoms in total. The number of hydrogen-bond acceptors (Lipinski definition) is 3. The number of aromatic nitrogens is 2. The van der Waals surface area contributed by atoms with Crippen LogP contribution >= 0.6 is 0 Å². The zero-order valence-electron chi connectivity index (χ0n) is 10.6. The second-order valence-corrected chi connectivity index (χ2v) is 2.89. The molecule has 1 amide bonds. The average Bonchev–Trinajstić information content (AvgIpc) is 2.28. The Hall–Kier alpha value is -1.71. The number of allylic oxidation sites excluding steroid dienone is 1. The van der Waals surface area contributed by atoms with Crippen LogP contribution in [-0.2, 0) is 4.79 Å². The molecule has 1 aromatic rings. The summed E-state index contributed by atoms with van der Waals surface area (Å²) in [4.78, 5) is 20.9. The molecule has 0 aliphatic heterocycles. The van der Waals surface area contributed by atoms with E-state index in [1.165, 1.54) is 11.8 Å². The lowest BCUT2D eigenvalue weighted by Crippen LogP contribution is -2.23. The van der Waals surface area contributed by atoms with Gasteiger partial charge in [-0.3, -0.25) is 14.7 Å². The number of rotatable bonds is 2. The zero-order chi connectivity index (χ0) is 12.6. The van der Waals surface area contributed by atoms with Crippen LogP contribution in [0, 0.1) is 6.92 Å². The molecule has 0 unspecified atom stereocenters. The Morgan fingerprint density at radius 2 is 2.00 bits per heavy atom. The van der Waals surface area contributed by atoms with Gasteiger partial charge < -0.3 is 0 Å². The van der Waals surface area contributed by atoms with Gasteiger partial charge in [-0.05, 0) is 13.8 Å². The van der Waals surface area contributed by atoms with Gasteiger partial charge in [0.15, 0.2) is 5.82 Å². The zero-order valence-corrected chi connectivity index (χ0v) is 10.6. The maximum atomic E-state index is 11.3. The number of hydrogen-bond donors (Lipinski definition) is 0. The number of carbonyl (C=O) groups is 1. The van der Waals surface area contributed by atoms with Gasteiger partial charge in [0, 0.05) is 19.3 Å². The molecule has 0 atom stereocenters. The first kappa shape index (κ1) is 14.3. The molecule has 0 saturated heterocycles. The number of anilines is 1. The quantitative estimate of drug-likeness (QED) is 0.771. The van der Waals surface area contributed by atoms with E-state index in [0.717, 1.165) is 5.69 Å². The molecule has 4 heteroatoms. The molecule has 0 aliphatic rings. The van der Waals surface area contributed by atoms with Gasteiger partial charge in [0.1, 0.15) is 0 Å². The number of nitrogens with zero attached hydrogens (tertiary/aromatic N) is 3. The first-order valence-corrected chi connectivity index (χ1v) is 5.36. The van der Waals surface area contributed by atoms with Crippen LogP contribution in [0.4, 0.5) is 5.82 Å². The highest BCUT2D eigenvalue weighted by molar-refractivity contribution is 5.92. The third-order valence-electron chi connectivity index (χ3n) is 1.63. The largest absolute Gasteiger partial charge is 0.274 e.